The smallest absolute Gasteiger partial charge is 0.321 e. The first-order chi connectivity index (χ1) is 8.74. The van der Waals surface area contributed by atoms with Crippen LogP contribution in [0.4, 0.5) is 8.78 Å². The van der Waals surface area contributed by atoms with Gasteiger partial charge in [-0.15, -0.1) is 0 Å². The third-order valence-corrected chi connectivity index (χ3v) is 3.56. The van der Waals surface area contributed by atoms with E-state index in [0.717, 1.165) is 0 Å². The first kappa shape index (κ1) is 16.1. The Hall–Kier alpha value is -0.910. The lowest BCUT2D eigenvalue weighted by Crippen LogP contribution is -2.47. The Morgan fingerprint density at radius 3 is 2.74 bits per heavy atom. The minimum Gasteiger partial charge on any atom is -0.368 e. The summed E-state index contributed by atoms with van der Waals surface area (Å²) in [5.74, 6) is -1.30. The van der Waals surface area contributed by atoms with Gasteiger partial charge in [0.05, 0.1) is 0 Å². The van der Waals surface area contributed by atoms with E-state index < -0.39 is 29.7 Å². The van der Waals surface area contributed by atoms with Gasteiger partial charge in [-0.05, 0) is 36.8 Å². The van der Waals surface area contributed by atoms with Crippen LogP contribution in [0.25, 0.3) is 0 Å². The molecule has 1 aliphatic heterocycles. The second-order valence-corrected chi connectivity index (χ2v) is 5.50. The van der Waals surface area contributed by atoms with Gasteiger partial charge in [0.1, 0.15) is 6.04 Å². The number of nitrogens with zero attached hydrogens (tertiary/aromatic N) is 1. The third-order valence-electron chi connectivity index (χ3n) is 3.41. The zero-order valence-electron chi connectivity index (χ0n) is 10.9. The van der Waals surface area contributed by atoms with Crippen molar-refractivity contribution in [3.63, 3.8) is 0 Å². The van der Waals surface area contributed by atoms with E-state index >= 15 is 0 Å². The van der Waals surface area contributed by atoms with Gasteiger partial charge in [0.15, 0.2) is 0 Å². The number of hydrogen-bond acceptors (Lipinski definition) is 2. The first-order valence-corrected chi connectivity index (χ1v) is 6.78. The van der Waals surface area contributed by atoms with Crippen LogP contribution in [-0.4, -0.2) is 34.7 Å². The van der Waals surface area contributed by atoms with E-state index in [4.69, 9.17) is 17.3 Å². The quantitative estimate of drug-likeness (QED) is 0.790. The van der Waals surface area contributed by atoms with Crippen molar-refractivity contribution in [2.75, 3.05) is 6.54 Å². The molecule has 1 heterocycles. The molecule has 1 rings (SSSR count). The molecule has 0 saturated carbocycles. The maximum atomic E-state index is 12.8. The molecule has 0 bridgehead atoms. The van der Waals surface area contributed by atoms with E-state index in [0.29, 0.717) is 25.8 Å². The van der Waals surface area contributed by atoms with Crippen LogP contribution >= 0.6 is 11.6 Å². The fourth-order valence-electron chi connectivity index (χ4n) is 2.55. The molecule has 0 radical (unpaired) electrons. The van der Waals surface area contributed by atoms with Gasteiger partial charge in [-0.25, -0.2) is 0 Å². The monoisotopic (exact) mass is 296 g/mol. The SMILES string of the molecule is CCC(C(N)=O)N1CCCC(CC(F)(F)Cl)CC1=O. The van der Waals surface area contributed by atoms with Gasteiger partial charge in [-0.3, -0.25) is 9.59 Å². The maximum Gasteiger partial charge on any atom is 0.321 e. The second kappa shape index (κ2) is 6.50. The summed E-state index contributed by atoms with van der Waals surface area (Å²) in [4.78, 5) is 24.7. The van der Waals surface area contributed by atoms with Gasteiger partial charge in [0, 0.05) is 19.4 Å². The fraction of sp³-hybridized carbons (Fsp3) is 0.833. The third kappa shape index (κ3) is 4.93. The van der Waals surface area contributed by atoms with Crippen LogP contribution in [0.1, 0.15) is 39.0 Å². The van der Waals surface area contributed by atoms with E-state index in [1.165, 1.54) is 4.90 Å². The molecule has 1 saturated heterocycles. The second-order valence-electron chi connectivity index (χ2n) is 4.95. The van der Waals surface area contributed by atoms with Crippen LogP contribution in [0.5, 0.6) is 0 Å². The van der Waals surface area contributed by atoms with Crippen LogP contribution in [0.2, 0.25) is 0 Å². The summed E-state index contributed by atoms with van der Waals surface area (Å²) < 4.78 is 25.6. The van der Waals surface area contributed by atoms with Crippen molar-refractivity contribution in [3.05, 3.63) is 0 Å². The van der Waals surface area contributed by atoms with E-state index in [9.17, 15) is 18.4 Å². The fourth-order valence-corrected chi connectivity index (χ4v) is 2.77. The minimum absolute atomic E-state index is 0.00785. The normalized spacial score (nSPS) is 23.1. The molecule has 110 valence electrons. The van der Waals surface area contributed by atoms with Crippen molar-refractivity contribution in [2.45, 2.75) is 50.5 Å². The van der Waals surface area contributed by atoms with Crippen molar-refractivity contribution in [1.82, 2.24) is 4.90 Å². The number of halogens is 3. The first-order valence-electron chi connectivity index (χ1n) is 6.40. The Bertz CT molecular complexity index is 347. The number of carbonyl (C=O) groups is 2. The van der Waals surface area contributed by atoms with Crippen LogP contribution in [0.15, 0.2) is 0 Å². The van der Waals surface area contributed by atoms with E-state index in [1.807, 2.05) is 0 Å². The number of rotatable bonds is 5. The minimum atomic E-state index is -3.28. The Balaban J connectivity index is 2.71. The molecule has 2 amide bonds. The number of nitrogens with two attached hydrogens (primary N) is 1. The molecule has 0 aromatic heterocycles. The number of likely N-dealkylation sites (tertiary alicyclic amines) is 1. The zero-order chi connectivity index (χ0) is 14.6. The summed E-state index contributed by atoms with van der Waals surface area (Å²) in [6.07, 6.45) is 0.984. The molecule has 2 unspecified atom stereocenters. The molecule has 2 atom stereocenters. The lowest BCUT2D eigenvalue weighted by atomic mass is 9.97. The number of hydrogen-bond donors (Lipinski definition) is 1. The van der Waals surface area contributed by atoms with Gasteiger partial charge in [-0.1, -0.05) is 6.92 Å². The van der Waals surface area contributed by atoms with Crippen LogP contribution in [-0.2, 0) is 9.59 Å². The Kier molecular flexibility index (Phi) is 5.52. The molecule has 0 aromatic rings. The van der Waals surface area contributed by atoms with Crippen LogP contribution < -0.4 is 5.73 Å². The molecular weight excluding hydrogens is 278 g/mol. The summed E-state index contributed by atoms with van der Waals surface area (Å²) in [6, 6.07) is -0.650. The standard InChI is InChI=1S/C12H19ClF2N2O2/c1-2-9(11(16)19)17-5-3-4-8(6-10(17)18)7-12(13,14)15/h8-9H,2-7H2,1H3,(H2,16,19). The largest absolute Gasteiger partial charge is 0.368 e. The van der Waals surface area contributed by atoms with Gasteiger partial charge in [0.2, 0.25) is 11.8 Å². The predicted molar refractivity (Wildman–Crippen MR) is 67.7 cm³/mol. The Morgan fingerprint density at radius 1 is 1.63 bits per heavy atom. The Labute approximate surface area is 116 Å². The predicted octanol–water partition coefficient (Wildman–Crippen LogP) is 2.10. The highest BCUT2D eigenvalue weighted by molar-refractivity contribution is 6.21. The summed E-state index contributed by atoms with van der Waals surface area (Å²) >= 11 is 4.91. The average molecular weight is 297 g/mol. The highest BCUT2D eigenvalue weighted by atomic mass is 35.5. The average Bonchev–Trinajstić information content (AvgIpc) is 2.39. The molecule has 4 nitrogen and oxygen atoms in total. The van der Waals surface area contributed by atoms with Gasteiger partial charge in [-0.2, -0.15) is 8.78 Å². The molecule has 7 heteroatoms. The lowest BCUT2D eigenvalue weighted by molar-refractivity contribution is -0.139. The van der Waals surface area contributed by atoms with E-state index in [2.05, 4.69) is 0 Å². The molecular formula is C12H19ClF2N2O2. The van der Waals surface area contributed by atoms with Gasteiger partial charge >= 0.3 is 5.38 Å². The van der Waals surface area contributed by atoms with Crippen LogP contribution in [0, 0.1) is 5.92 Å². The molecule has 0 aliphatic carbocycles. The summed E-state index contributed by atoms with van der Waals surface area (Å²) in [5, 5.41) is -3.28. The van der Waals surface area contributed by atoms with Crippen molar-refractivity contribution >= 4 is 23.4 Å². The van der Waals surface area contributed by atoms with Crippen molar-refractivity contribution in [1.29, 1.82) is 0 Å². The molecule has 1 fully saturated rings. The summed E-state index contributed by atoms with van der Waals surface area (Å²) in [7, 11) is 0. The van der Waals surface area contributed by atoms with Crippen molar-refractivity contribution in [2.24, 2.45) is 11.7 Å². The number of carbonyl (C=O) groups excluding carboxylic acids is 2. The van der Waals surface area contributed by atoms with Crippen molar-refractivity contribution < 1.29 is 18.4 Å². The number of alkyl halides is 3. The number of primary amides is 1. The Morgan fingerprint density at radius 2 is 2.26 bits per heavy atom. The van der Waals surface area contributed by atoms with E-state index in [-0.39, 0.29) is 12.3 Å². The van der Waals surface area contributed by atoms with Crippen molar-refractivity contribution in [3.8, 4) is 0 Å². The van der Waals surface area contributed by atoms with E-state index in [1.54, 1.807) is 6.92 Å². The van der Waals surface area contributed by atoms with Gasteiger partial charge < -0.3 is 10.6 Å². The molecule has 0 aromatic carbocycles. The highest BCUT2D eigenvalue weighted by Gasteiger charge is 2.35. The zero-order valence-corrected chi connectivity index (χ0v) is 11.6. The topological polar surface area (TPSA) is 63.4 Å². The maximum absolute atomic E-state index is 12.8. The number of amides is 2. The molecule has 0 spiro atoms. The highest BCUT2D eigenvalue weighted by Crippen LogP contribution is 2.33. The summed E-state index contributed by atoms with van der Waals surface area (Å²) in [6.45, 7) is 2.14. The molecule has 1 aliphatic rings. The molecule has 19 heavy (non-hydrogen) atoms. The molecule has 2 N–H and O–H groups in total. The summed E-state index contributed by atoms with van der Waals surface area (Å²) in [5.41, 5.74) is 5.25. The van der Waals surface area contributed by atoms with Gasteiger partial charge in [0.25, 0.3) is 0 Å². The lowest BCUT2D eigenvalue weighted by Gasteiger charge is -2.27. The van der Waals surface area contributed by atoms with Crippen LogP contribution in [0.3, 0.4) is 0 Å².